The lowest BCUT2D eigenvalue weighted by atomic mass is 10.2. The fourth-order valence-corrected chi connectivity index (χ4v) is 2.26. The zero-order valence-corrected chi connectivity index (χ0v) is 13.3. The topological polar surface area (TPSA) is 58.1 Å². The van der Waals surface area contributed by atoms with E-state index in [9.17, 15) is 4.79 Å². The number of rotatable bonds is 6. The first-order valence-electron chi connectivity index (χ1n) is 7.55. The van der Waals surface area contributed by atoms with Gasteiger partial charge in [-0.1, -0.05) is 6.07 Å². The van der Waals surface area contributed by atoms with Crippen molar-refractivity contribution in [1.29, 1.82) is 0 Å². The second kappa shape index (κ2) is 7.54. The molecule has 0 fully saturated rings. The molecule has 2 aromatic heterocycles. The second-order valence-corrected chi connectivity index (χ2v) is 5.03. The maximum Gasteiger partial charge on any atom is 0.253 e. The van der Waals surface area contributed by atoms with Crippen molar-refractivity contribution in [3.63, 3.8) is 0 Å². The molecule has 2 aromatic rings. The van der Waals surface area contributed by atoms with Crippen LogP contribution in [0.1, 0.15) is 35.5 Å². The molecule has 1 N–H and O–H groups in total. The van der Waals surface area contributed by atoms with Crippen LogP contribution in [0.2, 0.25) is 0 Å². The highest BCUT2D eigenvalue weighted by molar-refractivity contribution is 5.93. The molecule has 5 heteroatoms. The summed E-state index contributed by atoms with van der Waals surface area (Å²) in [5.41, 5.74) is 2.48. The molecule has 0 aliphatic rings. The fraction of sp³-hybridized carbons (Fsp3) is 0.353. The van der Waals surface area contributed by atoms with E-state index in [0.29, 0.717) is 12.1 Å². The van der Waals surface area contributed by atoms with Crippen molar-refractivity contribution >= 4 is 11.7 Å². The predicted molar refractivity (Wildman–Crippen MR) is 87.9 cm³/mol. The highest BCUT2D eigenvalue weighted by Crippen LogP contribution is 2.16. The standard InChI is InChI=1S/C17H22N4O/c1-4-21(5-2)16-14(7-6-10-18-16)11-20-17(22)15-9-8-13(3)19-12-15/h6-10,12H,4-5,11H2,1-3H3,(H,20,22). The average Bonchev–Trinajstić information content (AvgIpc) is 2.55. The number of hydrogen-bond donors (Lipinski definition) is 1. The molecule has 0 spiro atoms. The Morgan fingerprint density at radius 3 is 2.59 bits per heavy atom. The molecular formula is C17H22N4O. The molecule has 5 nitrogen and oxygen atoms in total. The van der Waals surface area contributed by atoms with Gasteiger partial charge in [0.25, 0.3) is 5.91 Å². The van der Waals surface area contributed by atoms with Gasteiger partial charge in [0.05, 0.1) is 5.56 Å². The summed E-state index contributed by atoms with van der Waals surface area (Å²) >= 11 is 0. The predicted octanol–water partition coefficient (Wildman–Crippen LogP) is 2.56. The van der Waals surface area contributed by atoms with Crippen molar-refractivity contribution in [2.75, 3.05) is 18.0 Å². The summed E-state index contributed by atoms with van der Waals surface area (Å²) in [5.74, 6) is 0.802. The van der Waals surface area contributed by atoms with Gasteiger partial charge in [-0.3, -0.25) is 9.78 Å². The minimum atomic E-state index is -0.123. The van der Waals surface area contributed by atoms with Gasteiger partial charge in [-0.2, -0.15) is 0 Å². The number of anilines is 1. The molecule has 1 amide bonds. The van der Waals surface area contributed by atoms with Crippen molar-refractivity contribution in [3.8, 4) is 0 Å². The Balaban J connectivity index is 2.08. The lowest BCUT2D eigenvalue weighted by Crippen LogP contribution is -2.27. The average molecular weight is 298 g/mol. The van der Waals surface area contributed by atoms with Gasteiger partial charge in [-0.15, -0.1) is 0 Å². The van der Waals surface area contributed by atoms with E-state index in [1.165, 1.54) is 0 Å². The smallest absolute Gasteiger partial charge is 0.253 e. The van der Waals surface area contributed by atoms with E-state index in [4.69, 9.17) is 0 Å². The van der Waals surface area contributed by atoms with Crippen LogP contribution in [0.15, 0.2) is 36.7 Å². The first kappa shape index (κ1) is 15.9. The highest BCUT2D eigenvalue weighted by atomic mass is 16.1. The maximum atomic E-state index is 12.2. The molecule has 0 aliphatic heterocycles. The van der Waals surface area contributed by atoms with Gasteiger partial charge in [0.2, 0.25) is 0 Å². The van der Waals surface area contributed by atoms with Gasteiger partial charge >= 0.3 is 0 Å². The van der Waals surface area contributed by atoms with Crippen LogP contribution in [0.3, 0.4) is 0 Å². The van der Waals surface area contributed by atoms with E-state index in [1.54, 1.807) is 18.5 Å². The van der Waals surface area contributed by atoms with Crippen LogP contribution in [0, 0.1) is 6.92 Å². The quantitative estimate of drug-likeness (QED) is 0.890. The minimum absolute atomic E-state index is 0.123. The Hall–Kier alpha value is -2.43. The van der Waals surface area contributed by atoms with Gasteiger partial charge in [0.15, 0.2) is 0 Å². The summed E-state index contributed by atoms with van der Waals surface area (Å²) in [4.78, 5) is 22.9. The number of aromatic nitrogens is 2. The first-order chi connectivity index (χ1) is 10.7. The largest absolute Gasteiger partial charge is 0.357 e. The molecule has 0 aromatic carbocycles. The lowest BCUT2D eigenvalue weighted by Gasteiger charge is -2.22. The molecule has 22 heavy (non-hydrogen) atoms. The maximum absolute atomic E-state index is 12.2. The van der Waals surface area contributed by atoms with E-state index in [2.05, 4.69) is 34.0 Å². The Labute approximate surface area is 131 Å². The molecule has 0 aliphatic carbocycles. The van der Waals surface area contributed by atoms with E-state index < -0.39 is 0 Å². The normalized spacial score (nSPS) is 10.3. The molecule has 0 radical (unpaired) electrons. The van der Waals surface area contributed by atoms with Gasteiger partial charge < -0.3 is 10.2 Å². The molecule has 0 bridgehead atoms. The van der Waals surface area contributed by atoms with Crippen LogP contribution in [-0.4, -0.2) is 29.0 Å². The van der Waals surface area contributed by atoms with E-state index >= 15 is 0 Å². The zero-order valence-electron chi connectivity index (χ0n) is 13.3. The summed E-state index contributed by atoms with van der Waals surface area (Å²) in [6, 6.07) is 7.50. The number of nitrogens with zero attached hydrogens (tertiary/aromatic N) is 3. The number of pyridine rings is 2. The van der Waals surface area contributed by atoms with Crippen LogP contribution in [-0.2, 0) is 6.54 Å². The first-order valence-corrected chi connectivity index (χ1v) is 7.55. The third-order valence-electron chi connectivity index (χ3n) is 3.54. The molecule has 0 unspecified atom stereocenters. The summed E-state index contributed by atoms with van der Waals surface area (Å²) in [6.45, 7) is 8.31. The van der Waals surface area contributed by atoms with Crippen molar-refractivity contribution < 1.29 is 4.79 Å². The molecule has 2 rings (SSSR count). The summed E-state index contributed by atoms with van der Waals surface area (Å²) in [7, 11) is 0. The fourth-order valence-electron chi connectivity index (χ4n) is 2.26. The molecular weight excluding hydrogens is 276 g/mol. The van der Waals surface area contributed by atoms with Crippen LogP contribution < -0.4 is 10.2 Å². The van der Waals surface area contributed by atoms with Crippen molar-refractivity contribution in [1.82, 2.24) is 15.3 Å². The third-order valence-corrected chi connectivity index (χ3v) is 3.54. The van der Waals surface area contributed by atoms with Gasteiger partial charge in [0, 0.05) is 43.3 Å². The summed E-state index contributed by atoms with van der Waals surface area (Å²) < 4.78 is 0. The molecule has 0 saturated carbocycles. The van der Waals surface area contributed by atoms with Gasteiger partial charge in [-0.05, 0) is 39.0 Å². The summed E-state index contributed by atoms with van der Waals surface area (Å²) in [6.07, 6.45) is 3.38. The SMILES string of the molecule is CCN(CC)c1ncccc1CNC(=O)c1ccc(C)nc1. The molecule has 2 heterocycles. The van der Waals surface area contributed by atoms with Crippen molar-refractivity contribution in [2.24, 2.45) is 0 Å². The number of carbonyl (C=O) groups excluding carboxylic acids is 1. The zero-order chi connectivity index (χ0) is 15.9. The third kappa shape index (κ3) is 3.81. The number of hydrogen-bond acceptors (Lipinski definition) is 4. The van der Waals surface area contributed by atoms with Crippen molar-refractivity contribution in [2.45, 2.75) is 27.3 Å². The Morgan fingerprint density at radius 2 is 1.95 bits per heavy atom. The van der Waals surface area contributed by atoms with Crippen LogP contribution in [0.4, 0.5) is 5.82 Å². The summed E-state index contributed by atoms with van der Waals surface area (Å²) in [5, 5.41) is 2.93. The highest BCUT2D eigenvalue weighted by Gasteiger charge is 2.11. The molecule has 116 valence electrons. The van der Waals surface area contributed by atoms with Crippen molar-refractivity contribution in [3.05, 3.63) is 53.5 Å². The Kier molecular flexibility index (Phi) is 5.47. The monoisotopic (exact) mass is 298 g/mol. The second-order valence-electron chi connectivity index (χ2n) is 5.03. The number of carbonyl (C=O) groups is 1. The Morgan fingerprint density at radius 1 is 1.18 bits per heavy atom. The van der Waals surface area contributed by atoms with Crippen LogP contribution >= 0.6 is 0 Å². The van der Waals surface area contributed by atoms with Gasteiger partial charge in [-0.25, -0.2) is 4.98 Å². The lowest BCUT2D eigenvalue weighted by molar-refractivity contribution is 0.0950. The van der Waals surface area contributed by atoms with E-state index in [0.717, 1.165) is 30.2 Å². The number of amides is 1. The Bertz CT molecular complexity index is 621. The van der Waals surface area contributed by atoms with Crippen LogP contribution in [0.5, 0.6) is 0 Å². The molecule has 0 atom stereocenters. The van der Waals surface area contributed by atoms with E-state index in [-0.39, 0.29) is 5.91 Å². The molecule has 0 saturated heterocycles. The van der Waals surface area contributed by atoms with E-state index in [1.807, 2.05) is 25.1 Å². The van der Waals surface area contributed by atoms with Gasteiger partial charge in [0.1, 0.15) is 5.82 Å². The van der Waals surface area contributed by atoms with Crippen LogP contribution in [0.25, 0.3) is 0 Å². The number of nitrogens with one attached hydrogen (secondary N) is 1. The minimum Gasteiger partial charge on any atom is -0.357 e. The number of aryl methyl sites for hydroxylation is 1.